The predicted octanol–water partition coefficient (Wildman–Crippen LogP) is 1.86. The van der Waals surface area contributed by atoms with Crippen molar-refractivity contribution in [2.75, 3.05) is 7.11 Å². The fraction of sp³-hybridized carbons (Fsp3) is 0.364. The largest absolute Gasteiger partial charge is 0.398 e. The van der Waals surface area contributed by atoms with E-state index in [0.29, 0.717) is 10.9 Å². The van der Waals surface area contributed by atoms with E-state index in [0.717, 1.165) is 4.85 Å². The summed E-state index contributed by atoms with van der Waals surface area (Å²) in [6.45, 7) is 5.73. The maximum atomic E-state index is 13.3. The van der Waals surface area contributed by atoms with Crippen LogP contribution in [-0.2, 0) is 0 Å². The molecule has 0 spiro atoms. The number of nitrogens with one attached hydrogen (secondary N) is 1. The second-order valence-corrected chi connectivity index (χ2v) is 3.06. The number of aromatic amines is 1. The molecule has 88 valence electrons. The Morgan fingerprint density at radius 1 is 1.38 bits per heavy atom. The van der Waals surface area contributed by atoms with Crippen LogP contribution in [0.3, 0.4) is 0 Å². The molecule has 0 aliphatic heterocycles. The van der Waals surface area contributed by atoms with E-state index < -0.39 is 5.82 Å². The zero-order valence-corrected chi connectivity index (χ0v) is 9.80. The normalized spacial score (nSPS) is 9.81. The molecular formula is C11H15FN2O2. The quantitative estimate of drug-likeness (QED) is 0.806. The Balaban J connectivity index is 0.000000606. The van der Waals surface area contributed by atoms with Crippen molar-refractivity contribution in [2.24, 2.45) is 0 Å². The highest BCUT2D eigenvalue weighted by molar-refractivity contribution is 5.79. The summed E-state index contributed by atoms with van der Waals surface area (Å²) < 4.78 is 13.3. The first kappa shape index (κ1) is 12.3. The summed E-state index contributed by atoms with van der Waals surface area (Å²) in [4.78, 5) is 17.1. The van der Waals surface area contributed by atoms with Gasteiger partial charge in [0.1, 0.15) is 18.4 Å². The van der Waals surface area contributed by atoms with Crippen LogP contribution in [0.4, 0.5) is 4.39 Å². The molecule has 0 saturated carbocycles. The summed E-state index contributed by atoms with van der Waals surface area (Å²) in [5.41, 5.74) is 0.488. The van der Waals surface area contributed by atoms with Crippen LogP contribution < -0.4 is 10.4 Å². The van der Waals surface area contributed by atoms with Crippen molar-refractivity contribution >= 4 is 10.9 Å². The number of benzene rings is 1. The van der Waals surface area contributed by atoms with Crippen molar-refractivity contribution in [3.8, 4) is 0 Å². The number of fused-ring (bicyclic) bond motifs is 1. The first-order valence-electron chi connectivity index (χ1n) is 5.09. The average Bonchev–Trinajstić information content (AvgIpc) is 2.59. The van der Waals surface area contributed by atoms with E-state index in [4.69, 9.17) is 4.84 Å². The van der Waals surface area contributed by atoms with E-state index in [1.54, 1.807) is 13.0 Å². The molecule has 0 atom stereocenters. The monoisotopic (exact) mass is 226 g/mol. The SMILES string of the molecule is CC.COn1[nH]c2c(F)cc(C)cc2c1=O. The van der Waals surface area contributed by atoms with Gasteiger partial charge in [-0.3, -0.25) is 9.89 Å². The standard InChI is InChI=1S/C9H9FN2O2.C2H6/c1-5-3-6-8(7(10)4-5)11-12(14-2)9(6)13;1-2/h3-4,11H,1-2H3;1-2H3. The highest BCUT2D eigenvalue weighted by Crippen LogP contribution is 2.14. The third kappa shape index (κ3) is 1.93. The molecule has 1 heterocycles. The fourth-order valence-corrected chi connectivity index (χ4v) is 1.41. The van der Waals surface area contributed by atoms with Gasteiger partial charge in [-0.1, -0.05) is 18.7 Å². The minimum absolute atomic E-state index is 0.169. The Morgan fingerprint density at radius 3 is 2.56 bits per heavy atom. The number of aryl methyl sites for hydroxylation is 1. The van der Waals surface area contributed by atoms with Crippen LogP contribution in [0.2, 0.25) is 0 Å². The number of nitrogens with zero attached hydrogens (tertiary/aromatic N) is 1. The van der Waals surface area contributed by atoms with Crippen LogP contribution in [0.15, 0.2) is 16.9 Å². The van der Waals surface area contributed by atoms with Crippen molar-refractivity contribution in [3.63, 3.8) is 0 Å². The van der Waals surface area contributed by atoms with Crippen molar-refractivity contribution < 1.29 is 9.23 Å². The number of hydrogen-bond donors (Lipinski definition) is 1. The van der Waals surface area contributed by atoms with E-state index >= 15 is 0 Å². The molecule has 5 heteroatoms. The Morgan fingerprint density at radius 2 is 2.00 bits per heavy atom. The summed E-state index contributed by atoms with van der Waals surface area (Å²) >= 11 is 0. The topological polar surface area (TPSA) is 47.0 Å². The molecule has 1 aromatic carbocycles. The van der Waals surface area contributed by atoms with Crippen molar-refractivity contribution in [2.45, 2.75) is 20.8 Å². The van der Waals surface area contributed by atoms with E-state index in [9.17, 15) is 9.18 Å². The second-order valence-electron chi connectivity index (χ2n) is 3.06. The van der Waals surface area contributed by atoms with Crippen LogP contribution in [0, 0.1) is 12.7 Å². The van der Waals surface area contributed by atoms with Crippen LogP contribution in [0.5, 0.6) is 0 Å². The second kappa shape index (κ2) is 4.83. The number of aromatic nitrogens is 2. The van der Waals surface area contributed by atoms with E-state index in [1.807, 2.05) is 13.8 Å². The minimum atomic E-state index is -0.451. The van der Waals surface area contributed by atoms with Crippen LogP contribution in [0.1, 0.15) is 19.4 Å². The molecular weight excluding hydrogens is 211 g/mol. The predicted molar refractivity (Wildman–Crippen MR) is 61.1 cm³/mol. The molecule has 0 aliphatic rings. The summed E-state index contributed by atoms with van der Waals surface area (Å²) in [7, 11) is 1.33. The Hall–Kier alpha value is -1.78. The average molecular weight is 226 g/mol. The van der Waals surface area contributed by atoms with Gasteiger partial charge < -0.3 is 4.84 Å². The molecule has 0 amide bonds. The number of rotatable bonds is 1. The van der Waals surface area contributed by atoms with Crippen LogP contribution >= 0.6 is 0 Å². The molecule has 0 bridgehead atoms. The number of H-pyrrole nitrogens is 1. The Bertz CT molecular complexity index is 543. The van der Waals surface area contributed by atoms with Crippen LogP contribution in [-0.4, -0.2) is 17.1 Å². The van der Waals surface area contributed by atoms with Gasteiger partial charge in [-0.25, -0.2) is 4.39 Å². The molecule has 1 aromatic heterocycles. The van der Waals surface area contributed by atoms with E-state index in [2.05, 4.69) is 5.10 Å². The van der Waals surface area contributed by atoms with Gasteiger partial charge in [0, 0.05) is 0 Å². The van der Waals surface area contributed by atoms with Crippen LogP contribution in [0.25, 0.3) is 10.9 Å². The van der Waals surface area contributed by atoms with E-state index in [1.165, 1.54) is 13.2 Å². The van der Waals surface area contributed by atoms with Gasteiger partial charge in [-0.2, -0.15) is 0 Å². The van der Waals surface area contributed by atoms with Gasteiger partial charge in [0.25, 0.3) is 0 Å². The van der Waals surface area contributed by atoms with Crippen molar-refractivity contribution in [1.82, 2.24) is 9.94 Å². The molecule has 16 heavy (non-hydrogen) atoms. The lowest BCUT2D eigenvalue weighted by Crippen LogP contribution is -2.21. The minimum Gasteiger partial charge on any atom is -0.398 e. The fourth-order valence-electron chi connectivity index (χ4n) is 1.41. The Kier molecular flexibility index (Phi) is 3.71. The molecule has 0 radical (unpaired) electrons. The van der Waals surface area contributed by atoms with Gasteiger partial charge in [-0.15, -0.1) is 0 Å². The van der Waals surface area contributed by atoms with Crippen molar-refractivity contribution in [3.05, 3.63) is 33.9 Å². The first-order chi connectivity index (χ1) is 7.63. The third-order valence-electron chi connectivity index (χ3n) is 2.05. The molecule has 0 fully saturated rings. The number of hydrogen-bond acceptors (Lipinski definition) is 2. The molecule has 2 aromatic rings. The number of halogens is 1. The van der Waals surface area contributed by atoms with Gasteiger partial charge >= 0.3 is 5.56 Å². The van der Waals surface area contributed by atoms with Crippen molar-refractivity contribution in [1.29, 1.82) is 0 Å². The van der Waals surface area contributed by atoms with Gasteiger partial charge in [0.05, 0.1) is 5.39 Å². The third-order valence-corrected chi connectivity index (χ3v) is 2.05. The maximum absolute atomic E-state index is 13.3. The maximum Gasteiger partial charge on any atom is 0.310 e. The zero-order chi connectivity index (χ0) is 12.3. The molecule has 0 saturated heterocycles. The zero-order valence-electron chi connectivity index (χ0n) is 9.80. The molecule has 1 N–H and O–H groups in total. The molecule has 0 unspecified atom stereocenters. The van der Waals surface area contributed by atoms with E-state index in [-0.39, 0.29) is 11.1 Å². The molecule has 0 aliphatic carbocycles. The summed E-state index contributed by atoms with van der Waals surface area (Å²) in [5.74, 6) is -0.451. The first-order valence-corrected chi connectivity index (χ1v) is 5.09. The molecule has 4 nitrogen and oxygen atoms in total. The lowest BCUT2D eigenvalue weighted by molar-refractivity contribution is 0.128. The summed E-state index contributed by atoms with van der Waals surface area (Å²) in [6.07, 6.45) is 0. The highest BCUT2D eigenvalue weighted by Gasteiger charge is 2.10. The molecule has 2 rings (SSSR count). The van der Waals surface area contributed by atoms with Gasteiger partial charge in [-0.05, 0) is 24.6 Å². The van der Waals surface area contributed by atoms with Gasteiger partial charge in [0.15, 0.2) is 0 Å². The lowest BCUT2D eigenvalue weighted by atomic mass is 10.2. The Labute approximate surface area is 92.6 Å². The summed E-state index contributed by atoms with van der Waals surface area (Å²) in [5, 5.41) is 2.81. The lowest BCUT2D eigenvalue weighted by Gasteiger charge is -1.94. The highest BCUT2D eigenvalue weighted by atomic mass is 19.1. The van der Waals surface area contributed by atoms with Gasteiger partial charge in [0.2, 0.25) is 0 Å². The summed E-state index contributed by atoms with van der Waals surface area (Å²) in [6, 6.07) is 2.98. The smallest absolute Gasteiger partial charge is 0.310 e.